The van der Waals surface area contributed by atoms with Gasteiger partial charge in [-0.15, -0.1) is 0 Å². The van der Waals surface area contributed by atoms with Crippen molar-refractivity contribution in [2.24, 2.45) is 5.10 Å². The second kappa shape index (κ2) is 11.7. The van der Waals surface area contributed by atoms with Crippen molar-refractivity contribution in [3.63, 3.8) is 0 Å². The molecule has 0 saturated heterocycles. The molecule has 3 aromatic carbocycles. The van der Waals surface area contributed by atoms with Gasteiger partial charge in [0.25, 0.3) is 0 Å². The van der Waals surface area contributed by atoms with E-state index in [0.717, 1.165) is 55.7 Å². The second-order valence-electron chi connectivity index (χ2n) is 9.25. The summed E-state index contributed by atoms with van der Waals surface area (Å²) in [5, 5.41) is 7.83. The lowest BCUT2D eigenvalue weighted by Crippen LogP contribution is -2.34. The quantitative estimate of drug-likeness (QED) is 0.217. The molecule has 0 N–H and O–H groups in total. The van der Waals surface area contributed by atoms with E-state index in [1.54, 1.807) is 7.11 Å². The fourth-order valence-electron chi connectivity index (χ4n) is 4.82. The number of rotatable bonds is 9. The summed E-state index contributed by atoms with van der Waals surface area (Å²) in [6.07, 6.45) is 4.96. The number of fused-ring (bicyclic) bond motifs is 3. The van der Waals surface area contributed by atoms with Gasteiger partial charge in [-0.05, 0) is 70.4 Å². The number of halogens is 3. The Morgan fingerprint density at radius 2 is 1.84 bits per heavy atom. The molecular weight excluding hydrogens is 620 g/mol. The smallest absolute Gasteiger partial charge is 0.214 e. The Kier molecular flexibility index (Phi) is 8.32. The van der Waals surface area contributed by atoms with Gasteiger partial charge in [-0.25, -0.2) is 5.01 Å². The minimum atomic E-state index is -0.424. The largest absolute Gasteiger partial charge is 0.493 e. The molecule has 0 unspecified atom stereocenters. The van der Waals surface area contributed by atoms with Crippen LogP contribution in [0, 0.1) is 0 Å². The molecule has 0 spiro atoms. The van der Waals surface area contributed by atoms with Gasteiger partial charge in [0.1, 0.15) is 5.75 Å². The lowest BCUT2D eigenvalue weighted by molar-refractivity contribution is -0.0198. The number of hydrogen-bond acceptors (Lipinski definition) is 5. The van der Waals surface area contributed by atoms with Crippen LogP contribution in [-0.2, 0) is 0 Å². The van der Waals surface area contributed by atoms with Crippen LogP contribution in [0.3, 0.4) is 0 Å². The first kappa shape index (κ1) is 26.4. The van der Waals surface area contributed by atoms with Gasteiger partial charge in [-0.2, -0.15) is 5.10 Å². The summed E-state index contributed by atoms with van der Waals surface area (Å²) in [6.45, 7) is 2.88. The van der Waals surface area contributed by atoms with Crippen LogP contribution in [0.2, 0.25) is 5.02 Å². The summed E-state index contributed by atoms with van der Waals surface area (Å²) < 4.78 is 20.3. The monoisotopic (exact) mass is 646 g/mol. The van der Waals surface area contributed by atoms with Gasteiger partial charge in [-0.3, -0.25) is 0 Å². The Morgan fingerprint density at radius 3 is 2.59 bits per heavy atom. The number of nitrogens with zero attached hydrogens (tertiary/aromatic N) is 2. The zero-order chi connectivity index (χ0) is 25.9. The highest BCUT2D eigenvalue weighted by atomic mass is 79.9. The van der Waals surface area contributed by atoms with E-state index in [1.807, 2.05) is 48.5 Å². The third-order valence-electron chi connectivity index (χ3n) is 6.71. The van der Waals surface area contributed by atoms with Gasteiger partial charge in [0.05, 0.1) is 29.9 Å². The van der Waals surface area contributed by atoms with Crippen LogP contribution in [0.25, 0.3) is 0 Å². The average molecular weight is 649 g/mol. The van der Waals surface area contributed by atoms with Crippen molar-refractivity contribution in [1.82, 2.24) is 5.01 Å². The number of methoxy groups -OCH3 is 1. The molecule has 0 fully saturated rings. The zero-order valence-corrected chi connectivity index (χ0v) is 24.8. The molecular formula is C29H29Br2ClN2O3. The van der Waals surface area contributed by atoms with E-state index in [-0.39, 0.29) is 6.04 Å². The lowest BCUT2D eigenvalue weighted by atomic mass is 9.96. The highest BCUT2D eigenvalue weighted by Crippen LogP contribution is 2.51. The molecule has 2 atom stereocenters. The van der Waals surface area contributed by atoms with Gasteiger partial charge in [0, 0.05) is 27.0 Å². The van der Waals surface area contributed by atoms with E-state index in [1.165, 1.54) is 19.3 Å². The molecule has 194 valence electrons. The van der Waals surface area contributed by atoms with Crippen LogP contribution in [0.15, 0.2) is 68.6 Å². The molecule has 0 radical (unpaired) electrons. The maximum Gasteiger partial charge on any atom is 0.214 e. The number of benzene rings is 3. The number of unbranched alkanes of at least 4 members (excludes halogenated alkanes) is 3. The molecule has 8 heteroatoms. The Labute approximate surface area is 240 Å². The molecule has 37 heavy (non-hydrogen) atoms. The van der Waals surface area contributed by atoms with E-state index in [2.05, 4.69) is 49.9 Å². The number of hydrazone groups is 1. The van der Waals surface area contributed by atoms with Gasteiger partial charge >= 0.3 is 0 Å². The normalized spacial score (nSPS) is 18.1. The van der Waals surface area contributed by atoms with Crippen LogP contribution in [0.5, 0.6) is 17.2 Å². The Morgan fingerprint density at radius 1 is 1.03 bits per heavy atom. The topological polar surface area (TPSA) is 43.3 Å². The summed E-state index contributed by atoms with van der Waals surface area (Å²) in [7, 11) is 1.67. The fraction of sp³-hybridized carbons (Fsp3) is 0.345. The molecule has 5 nitrogen and oxygen atoms in total. The predicted molar refractivity (Wildman–Crippen MR) is 155 cm³/mol. The molecule has 0 bridgehead atoms. The summed E-state index contributed by atoms with van der Waals surface area (Å²) >= 11 is 13.5. The minimum Gasteiger partial charge on any atom is -0.493 e. The molecule has 2 aliphatic rings. The van der Waals surface area contributed by atoms with E-state index < -0.39 is 6.23 Å². The van der Waals surface area contributed by atoms with Crippen LogP contribution in [0.1, 0.15) is 68.0 Å². The standard InChI is InChI=1S/C29H29Br2ClN2O3/c1-3-4-5-6-13-36-26-12-9-19(14-27(26)35-2)29-34-25(22-15-20(30)16-23(31)28(22)37-29)17-24(33-34)18-7-10-21(32)11-8-18/h7-12,14-16,25,29H,3-6,13,17H2,1-2H3/t25-,29+/m0/s1. The van der Waals surface area contributed by atoms with Crippen molar-refractivity contribution in [2.75, 3.05) is 13.7 Å². The minimum absolute atomic E-state index is 0.0220. The van der Waals surface area contributed by atoms with Crippen molar-refractivity contribution in [3.8, 4) is 17.2 Å². The third kappa shape index (κ3) is 5.64. The van der Waals surface area contributed by atoms with Crippen molar-refractivity contribution < 1.29 is 14.2 Å². The Balaban J connectivity index is 1.48. The summed E-state index contributed by atoms with van der Waals surface area (Å²) in [5.74, 6) is 2.26. The van der Waals surface area contributed by atoms with E-state index in [9.17, 15) is 0 Å². The molecule has 3 aromatic rings. The maximum atomic E-state index is 6.62. The maximum absolute atomic E-state index is 6.62. The average Bonchev–Trinajstić information content (AvgIpc) is 3.34. The Bertz CT molecular complexity index is 1300. The van der Waals surface area contributed by atoms with E-state index >= 15 is 0 Å². The fourth-order valence-corrected chi connectivity index (χ4v) is 6.30. The number of hydrogen-bond donors (Lipinski definition) is 0. The highest BCUT2D eigenvalue weighted by molar-refractivity contribution is 9.11. The predicted octanol–water partition coefficient (Wildman–Crippen LogP) is 9.08. The van der Waals surface area contributed by atoms with Crippen LogP contribution >= 0.6 is 43.5 Å². The SMILES string of the molecule is CCCCCCOc1ccc([C@H]2Oc3c(Br)cc(Br)cc3[C@@H]3CC(c4ccc(Cl)cc4)=NN23)cc1OC. The zero-order valence-electron chi connectivity index (χ0n) is 20.8. The molecule has 0 aliphatic carbocycles. The summed E-state index contributed by atoms with van der Waals surface area (Å²) in [6, 6.07) is 18.0. The van der Waals surface area contributed by atoms with Gasteiger partial charge < -0.3 is 14.2 Å². The highest BCUT2D eigenvalue weighted by Gasteiger charge is 2.42. The van der Waals surface area contributed by atoms with Crippen molar-refractivity contribution in [3.05, 3.63) is 85.3 Å². The Hall–Kier alpha value is -2.22. The first-order valence-corrected chi connectivity index (χ1v) is 14.5. The first-order valence-electron chi connectivity index (χ1n) is 12.6. The van der Waals surface area contributed by atoms with Crippen molar-refractivity contribution in [1.29, 1.82) is 0 Å². The lowest BCUT2D eigenvalue weighted by Gasteiger charge is -2.38. The van der Waals surface area contributed by atoms with E-state index in [0.29, 0.717) is 17.4 Å². The van der Waals surface area contributed by atoms with E-state index in [4.69, 9.17) is 30.9 Å². The molecule has 2 aliphatic heterocycles. The van der Waals surface area contributed by atoms with Crippen LogP contribution < -0.4 is 14.2 Å². The summed E-state index contributed by atoms with van der Waals surface area (Å²) in [4.78, 5) is 0. The van der Waals surface area contributed by atoms with Crippen molar-refractivity contribution in [2.45, 2.75) is 51.3 Å². The molecule has 0 aromatic heterocycles. The van der Waals surface area contributed by atoms with Gasteiger partial charge in [0.15, 0.2) is 11.5 Å². The van der Waals surface area contributed by atoms with Gasteiger partial charge in [-0.1, -0.05) is 65.8 Å². The molecule has 5 rings (SSSR count). The van der Waals surface area contributed by atoms with Crippen molar-refractivity contribution >= 4 is 49.2 Å². The van der Waals surface area contributed by atoms with Crippen LogP contribution in [-0.4, -0.2) is 24.4 Å². The van der Waals surface area contributed by atoms with Crippen LogP contribution in [0.4, 0.5) is 0 Å². The molecule has 0 saturated carbocycles. The van der Waals surface area contributed by atoms with Gasteiger partial charge in [0.2, 0.25) is 6.23 Å². The second-order valence-corrected chi connectivity index (χ2v) is 11.5. The number of ether oxygens (including phenoxy) is 3. The first-order chi connectivity index (χ1) is 18.0. The molecule has 0 amide bonds. The third-order valence-corrected chi connectivity index (χ3v) is 8.01. The summed E-state index contributed by atoms with van der Waals surface area (Å²) in [5.41, 5.74) is 4.08. The molecule has 2 heterocycles.